The van der Waals surface area contributed by atoms with Gasteiger partial charge in [-0.15, -0.1) is 0 Å². The number of ketones is 2. The van der Waals surface area contributed by atoms with Crippen molar-refractivity contribution in [2.75, 3.05) is 6.79 Å². The molecule has 0 aromatic heterocycles. The Morgan fingerprint density at radius 1 is 1.19 bits per heavy atom. The molecule has 8 atom stereocenters. The second kappa shape index (κ2) is 6.96. The number of aliphatic hydroxyl groups is 1. The standard InChI is InChI=1S/C24H32O7/c1-13(25)31-21-20(28)24(30-12-29-21)9-7-17-16-5-4-14-10-15(26)6-8-22(14,2)19(16)18(27)11-23(17,24)3/h10,16-19,21,27H,4-9,11-12H2,1-3H3/t16-,17-,18-,19+,21?,22-,23-,24-/m0/s1. The molecule has 1 saturated heterocycles. The van der Waals surface area contributed by atoms with Crippen molar-refractivity contribution in [2.24, 2.45) is 28.6 Å². The van der Waals surface area contributed by atoms with Crippen molar-refractivity contribution in [3.63, 3.8) is 0 Å². The van der Waals surface area contributed by atoms with Crippen LogP contribution in [-0.2, 0) is 28.6 Å². The number of carbonyl (C=O) groups excluding carboxylic acids is 3. The van der Waals surface area contributed by atoms with Crippen LogP contribution in [0, 0.1) is 28.6 Å². The van der Waals surface area contributed by atoms with Crippen molar-refractivity contribution < 1.29 is 33.7 Å². The molecule has 0 bridgehead atoms. The van der Waals surface area contributed by atoms with Gasteiger partial charge in [-0.3, -0.25) is 14.4 Å². The van der Waals surface area contributed by atoms with Crippen LogP contribution in [0.3, 0.4) is 0 Å². The molecule has 7 heteroatoms. The zero-order valence-electron chi connectivity index (χ0n) is 18.5. The van der Waals surface area contributed by atoms with Gasteiger partial charge >= 0.3 is 5.97 Å². The van der Waals surface area contributed by atoms with Crippen LogP contribution in [-0.4, -0.2) is 47.4 Å². The van der Waals surface area contributed by atoms with Gasteiger partial charge < -0.3 is 19.3 Å². The van der Waals surface area contributed by atoms with Crippen LogP contribution in [0.4, 0.5) is 0 Å². The number of hydrogen-bond donors (Lipinski definition) is 1. The molecule has 7 nitrogen and oxygen atoms in total. The molecule has 0 amide bonds. The van der Waals surface area contributed by atoms with E-state index in [1.807, 2.05) is 6.08 Å². The van der Waals surface area contributed by atoms with E-state index in [1.54, 1.807) is 0 Å². The maximum absolute atomic E-state index is 13.5. The maximum Gasteiger partial charge on any atom is 0.305 e. The first-order valence-electron chi connectivity index (χ1n) is 11.5. The molecule has 3 saturated carbocycles. The number of ether oxygens (including phenoxy) is 3. The van der Waals surface area contributed by atoms with Crippen LogP contribution < -0.4 is 0 Å². The summed E-state index contributed by atoms with van der Waals surface area (Å²) in [6.45, 7) is 5.43. The molecule has 0 aromatic rings. The zero-order chi connectivity index (χ0) is 22.2. The van der Waals surface area contributed by atoms with Gasteiger partial charge in [-0.05, 0) is 67.8 Å². The normalized spacial score (nSPS) is 49.2. The van der Waals surface area contributed by atoms with Crippen LogP contribution in [0.1, 0.15) is 65.7 Å². The number of carbonyl (C=O) groups is 3. The number of allylic oxidation sites excluding steroid dienone is 1. The minimum absolute atomic E-state index is 0.0769. The number of Topliss-reactive ketones (excluding diaryl/α,β-unsaturated/α-hetero) is 1. The van der Waals surface area contributed by atoms with Gasteiger partial charge in [0.15, 0.2) is 12.6 Å². The number of aliphatic hydroxyl groups excluding tert-OH is 1. The molecule has 4 aliphatic carbocycles. The van der Waals surface area contributed by atoms with Crippen LogP contribution in [0.5, 0.6) is 0 Å². The highest BCUT2D eigenvalue weighted by Gasteiger charge is 2.71. The van der Waals surface area contributed by atoms with Gasteiger partial charge in [-0.25, -0.2) is 0 Å². The molecule has 0 radical (unpaired) electrons. The molecule has 0 aromatic carbocycles. The molecule has 4 fully saturated rings. The van der Waals surface area contributed by atoms with E-state index in [-0.39, 0.29) is 41.5 Å². The van der Waals surface area contributed by atoms with Crippen LogP contribution in [0.25, 0.3) is 0 Å². The molecule has 31 heavy (non-hydrogen) atoms. The summed E-state index contributed by atoms with van der Waals surface area (Å²) in [6.07, 6.45) is 4.90. The number of fused-ring (bicyclic) bond motifs is 6. The summed E-state index contributed by atoms with van der Waals surface area (Å²) in [5.74, 6) is -0.154. The lowest BCUT2D eigenvalue weighted by Gasteiger charge is -2.61. The van der Waals surface area contributed by atoms with Gasteiger partial charge in [0.25, 0.3) is 6.29 Å². The van der Waals surface area contributed by atoms with E-state index in [1.165, 1.54) is 12.5 Å². The minimum atomic E-state index is -1.25. The Hall–Kier alpha value is -1.57. The third-order valence-corrected chi connectivity index (χ3v) is 9.43. The average Bonchev–Trinajstić information content (AvgIpc) is 2.98. The Labute approximate surface area is 182 Å². The minimum Gasteiger partial charge on any atom is -0.428 e. The zero-order valence-corrected chi connectivity index (χ0v) is 18.5. The van der Waals surface area contributed by atoms with E-state index in [0.717, 1.165) is 25.7 Å². The molecule has 1 spiro atoms. The predicted molar refractivity (Wildman–Crippen MR) is 108 cm³/mol. The Morgan fingerprint density at radius 2 is 1.97 bits per heavy atom. The Kier molecular flexibility index (Phi) is 4.78. The second-order valence-corrected chi connectivity index (χ2v) is 10.7. The van der Waals surface area contributed by atoms with Gasteiger partial charge in [0.1, 0.15) is 5.60 Å². The van der Waals surface area contributed by atoms with Gasteiger partial charge in [0.2, 0.25) is 5.78 Å². The Bertz CT molecular complexity index is 864. The van der Waals surface area contributed by atoms with Gasteiger partial charge in [0.05, 0.1) is 6.10 Å². The van der Waals surface area contributed by atoms with Gasteiger partial charge in [0, 0.05) is 18.8 Å². The van der Waals surface area contributed by atoms with Crippen molar-refractivity contribution in [1.29, 1.82) is 0 Å². The molecule has 1 heterocycles. The summed E-state index contributed by atoms with van der Waals surface area (Å²) >= 11 is 0. The smallest absolute Gasteiger partial charge is 0.305 e. The van der Waals surface area contributed by atoms with Crippen molar-refractivity contribution in [1.82, 2.24) is 0 Å². The highest BCUT2D eigenvalue weighted by Crippen LogP contribution is 2.68. The number of rotatable bonds is 1. The van der Waals surface area contributed by atoms with Crippen molar-refractivity contribution >= 4 is 17.5 Å². The molecule has 170 valence electrons. The average molecular weight is 433 g/mol. The van der Waals surface area contributed by atoms with Gasteiger partial charge in [-0.2, -0.15) is 0 Å². The molecular formula is C24H32O7. The SMILES string of the molecule is CC(=O)OC1OCO[C@@]2(CC[C@H]3[C@@H]4CCC5=CC(=O)CC[C@]5(C)[C@H]4[C@@H](O)C[C@@]32C)C1=O. The van der Waals surface area contributed by atoms with Gasteiger partial charge in [-0.1, -0.05) is 19.4 Å². The summed E-state index contributed by atoms with van der Waals surface area (Å²) in [5.41, 5.74) is -0.654. The fraction of sp³-hybridized carbons (Fsp3) is 0.792. The van der Waals surface area contributed by atoms with E-state index in [9.17, 15) is 19.5 Å². The maximum atomic E-state index is 13.5. The third kappa shape index (κ3) is 2.79. The summed E-state index contributed by atoms with van der Waals surface area (Å²) in [7, 11) is 0. The van der Waals surface area contributed by atoms with Crippen LogP contribution >= 0.6 is 0 Å². The first-order chi connectivity index (χ1) is 14.6. The molecule has 1 N–H and O–H groups in total. The fourth-order valence-corrected chi connectivity index (χ4v) is 8.09. The van der Waals surface area contributed by atoms with E-state index in [0.29, 0.717) is 19.3 Å². The van der Waals surface area contributed by atoms with Crippen molar-refractivity contribution in [2.45, 2.75) is 83.7 Å². The van der Waals surface area contributed by atoms with Crippen molar-refractivity contribution in [3.05, 3.63) is 11.6 Å². The van der Waals surface area contributed by atoms with E-state index >= 15 is 0 Å². The topological polar surface area (TPSA) is 99.1 Å². The lowest BCUT2D eigenvalue weighted by Crippen LogP contribution is -2.65. The van der Waals surface area contributed by atoms with E-state index < -0.39 is 29.4 Å². The van der Waals surface area contributed by atoms with Crippen molar-refractivity contribution in [3.8, 4) is 0 Å². The summed E-state index contributed by atoms with van der Waals surface area (Å²) < 4.78 is 16.5. The van der Waals surface area contributed by atoms with Crippen LogP contribution in [0.2, 0.25) is 0 Å². The molecule has 1 aliphatic heterocycles. The molecule has 5 rings (SSSR count). The van der Waals surface area contributed by atoms with E-state index in [4.69, 9.17) is 14.2 Å². The summed E-state index contributed by atoms with van der Waals surface area (Å²) in [5, 5.41) is 11.5. The third-order valence-electron chi connectivity index (χ3n) is 9.43. The summed E-state index contributed by atoms with van der Waals surface area (Å²) in [6, 6.07) is 0. The highest BCUT2D eigenvalue weighted by atomic mass is 16.8. The predicted octanol–water partition coefficient (Wildman–Crippen LogP) is 2.69. The largest absolute Gasteiger partial charge is 0.428 e. The lowest BCUT2D eigenvalue weighted by molar-refractivity contribution is -0.282. The second-order valence-electron chi connectivity index (χ2n) is 10.7. The quantitative estimate of drug-likeness (QED) is 0.636. The first kappa shape index (κ1) is 21.3. The Morgan fingerprint density at radius 3 is 2.71 bits per heavy atom. The lowest BCUT2D eigenvalue weighted by atomic mass is 9.45. The molecule has 1 unspecified atom stereocenters. The van der Waals surface area contributed by atoms with Crippen LogP contribution in [0.15, 0.2) is 11.6 Å². The summed E-state index contributed by atoms with van der Waals surface area (Å²) in [4.78, 5) is 37.0. The molecule has 5 aliphatic rings. The first-order valence-corrected chi connectivity index (χ1v) is 11.5. The monoisotopic (exact) mass is 432 g/mol. The van der Waals surface area contributed by atoms with E-state index in [2.05, 4.69) is 13.8 Å². The Balaban J connectivity index is 1.50. The fourth-order valence-electron chi connectivity index (χ4n) is 8.09. The number of hydrogen-bond acceptors (Lipinski definition) is 7. The number of esters is 1. The molecular weight excluding hydrogens is 400 g/mol. The highest BCUT2D eigenvalue weighted by molar-refractivity contribution is 5.93.